The highest BCUT2D eigenvalue weighted by Crippen LogP contribution is 2.19. The molecule has 1 aromatic carbocycles. The zero-order valence-corrected chi connectivity index (χ0v) is 9.44. The van der Waals surface area contributed by atoms with E-state index in [1.165, 1.54) is 25.0 Å². The molecule has 88 valence electrons. The van der Waals surface area contributed by atoms with Crippen LogP contribution in [-0.2, 0) is 6.54 Å². The van der Waals surface area contributed by atoms with E-state index in [2.05, 4.69) is 10.3 Å². The van der Waals surface area contributed by atoms with E-state index in [0.717, 1.165) is 17.9 Å². The van der Waals surface area contributed by atoms with Crippen LogP contribution in [0.1, 0.15) is 18.5 Å². The van der Waals surface area contributed by atoms with Gasteiger partial charge in [-0.25, -0.2) is 9.37 Å². The number of imidazole rings is 1. The molecule has 0 saturated heterocycles. The Balaban J connectivity index is 1.74. The Morgan fingerprint density at radius 1 is 1.41 bits per heavy atom. The quantitative estimate of drug-likeness (QED) is 0.874. The second-order valence-electron chi connectivity index (χ2n) is 4.41. The normalized spacial score (nSPS) is 15.1. The summed E-state index contributed by atoms with van der Waals surface area (Å²) in [5, 5.41) is 3.40. The predicted molar refractivity (Wildman–Crippen MR) is 63.4 cm³/mol. The Morgan fingerprint density at radius 2 is 2.29 bits per heavy atom. The molecule has 1 N–H and O–H groups in total. The number of hydrogen-bond acceptors (Lipinski definition) is 2. The number of benzene rings is 1. The van der Waals surface area contributed by atoms with Crippen molar-refractivity contribution in [1.29, 1.82) is 0 Å². The molecule has 0 amide bonds. The molecule has 3 nitrogen and oxygen atoms in total. The minimum absolute atomic E-state index is 0.228. The zero-order chi connectivity index (χ0) is 11.7. The van der Waals surface area contributed by atoms with Crippen LogP contribution >= 0.6 is 0 Å². The Labute approximate surface area is 99.3 Å². The Hall–Kier alpha value is -1.68. The van der Waals surface area contributed by atoms with Gasteiger partial charge < -0.3 is 9.88 Å². The van der Waals surface area contributed by atoms with E-state index >= 15 is 0 Å². The maximum atomic E-state index is 13.1. The van der Waals surface area contributed by atoms with Crippen LogP contribution in [0, 0.1) is 5.82 Å². The third kappa shape index (κ3) is 2.53. The van der Waals surface area contributed by atoms with Gasteiger partial charge in [-0.05, 0) is 31.0 Å². The molecular formula is C13H14FN3. The standard InChI is InChI=1S/C13H14FN3/c14-10-2-1-3-13(6-10)17-8-12(16-9-17)7-15-11-4-5-11/h1-3,6,8-9,11,15H,4-5,7H2. The van der Waals surface area contributed by atoms with Gasteiger partial charge >= 0.3 is 0 Å². The van der Waals surface area contributed by atoms with Crippen LogP contribution in [0.25, 0.3) is 5.69 Å². The molecule has 1 aliphatic rings. The second-order valence-corrected chi connectivity index (χ2v) is 4.41. The van der Waals surface area contributed by atoms with Crippen molar-refractivity contribution in [3.05, 3.63) is 48.3 Å². The maximum Gasteiger partial charge on any atom is 0.125 e. The van der Waals surface area contributed by atoms with E-state index in [-0.39, 0.29) is 5.82 Å². The smallest absolute Gasteiger partial charge is 0.125 e. The zero-order valence-electron chi connectivity index (χ0n) is 9.44. The van der Waals surface area contributed by atoms with Gasteiger partial charge in [0.1, 0.15) is 5.82 Å². The van der Waals surface area contributed by atoms with E-state index in [4.69, 9.17) is 0 Å². The first-order valence-corrected chi connectivity index (χ1v) is 5.83. The van der Waals surface area contributed by atoms with Crippen LogP contribution in [-0.4, -0.2) is 15.6 Å². The van der Waals surface area contributed by atoms with Gasteiger partial charge in [-0.1, -0.05) is 6.07 Å². The lowest BCUT2D eigenvalue weighted by molar-refractivity contribution is 0.626. The van der Waals surface area contributed by atoms with Crippen molar-refractivity contribution in [3.8, 4) is 5.69 Å². The summed E-state index contributed by atoms with van der Waals surface area (Å²) in [6.45, 7) is 0.785. The fraction of sp³-hybridized carbons (Fsp3) is 0.308. The Morgan fingerprint density at radius 3 is 3.06 bits per heavy atom. The highest BCUT2D eigenvalue weighted by atomic mass is 19.1. The number of halogens is 1. The molecule has 0 aliphatic heterocycles. The summed E-state index contributed by atoms with van der Waals surface area (Å²) in [6.07, 6.45) is 6.19. The predicted octanol–water partition coefficient (Wildman–Crippen LogP) is 2.26. The van der Waals surface area contributed by atoms with Crippen LogP contribution in [0.2, 0.25) is 0 Å². The summed E-state index contributed by atoms with van der Waals surface area (Å²) in [4.78, 5) is 4.30. The molecule has 1 heterocycles. The number of nitrogens with zero attached hydrogens (tertiary/aromatic N) is 2. The monoisotopic (exact) mass is 231 g/mol. The van der Waals surface area contributed by atoms with Gasteiger partial charge in [0.2, 0.25) is 0 Å². The summed E-state index contributed by atoms with van der Waals surface area (Å²) in [5.74, 6) is -0.228. The van der Waals surface area contributed by atoms with Crippen molar-refractivity contribution in [2.75, 3.05) is 0 Å². The average Bonchev–Trinajstić information content (AvgIpc) is 3.04. The first-order valence-electron chi connectivity index (χ1n) is 5.83. The fourth-order valence-corrected chi connectivity index (χ4v) is 1.77. The molecule has 1 fully saturated rings. The molecule has 0 unspecified atom stereocenters. The third-order valence-corrected chi connectivity index (χ3v) is 2.89. The number of nitrogens with one attached hydrogen (secondary N) is 1. The van der Waals surface area contributed by atoms with Crippen LogP contribution in [0.15, 0.2) is 36.8 Å². The highest BCUT2D eigenvalue weighted by molar-refractivity contribution is 5.32. The van der Waals surface area contributed by atoms with Crippen LogP contribution in [0.5, 0.6) is 0 Å². The SMILES string of the molecule is Fc1cccc(-n2cnc(CNC3CC3)c2)c1. The lowest BCUT2D eigenvalue weighted by Crippen LogP contribution is -2.15. The average molecular weight is 231 g/mol. The molecule has 2 aromatic rings. The summed E-state index contributed by atoms with van der Waals surface area (Å²) < 4.78 is 14.9. The highest BCUT2D eigenvalue weighted by Gasteiger charge is 2.20. The van der Waals surface area contributed by atoms with Gasteiger partial charge in [-0.2, -0.15) is 0 Å². The van der Waals surface area contributed by atoms with Gasteiger partial charge in [0.25, 0.3) is 0 Å². The summed E-state index contributed by atoms with van der Waals surface area (Å²) >= 11 is 0. The molecule has 3 rings (SSSR count). The van der Waals surface area contributed by atoms with E-state index in [0.29, 0.717) is 6.04 Å². The van der Waals surface area contributed by atoms with Crippen LogP contribution in [0.3, 0.4) is 0 Å². The molecule has 0 bridgehead atoms. The van der Waals surface area contributed by atoms with Gasteiger partial charge in [0, 0.05) is 24.5 Å². The van der Waals surface area contributed by atoms with Crippen LogP contribution in [0.4, 0.5) is 4.39 Å². The second kappa shape index (κ2) is 4.30. The largest absolute Gasteiger partial charge is 0.308 e. The molecule has 1 aromatic heterocycles. The molecule has 0 radical (unpaired) electrons. The lowest BCUT2D eigenvalue weighted by atomic mass is 10.3. The van der Waals surface area contributed by atoms with Gasteiger partial charge in [-0.3, -0.25) is 0 Å². The topological polar surface area (TPSA) is 29.9 Å². The van der Waals surface area contributed by atoms with E-state index in [1.54, 1.807) is 12.4 Å². The molecular weight excluding hydrogens is 217 g/mol. The summed E-state index contributed by atoms with van der Waals surface area (Å²) in [7, 11) is 0. The van der Waals surface area contributed by atoms with Gasteiger partial charge in [0.15, 0.2) is 0 Å². The van der Waals surface area contributed by atoms with E-state index < -0.39 is 0 Å². The molecule has 0 atom stereocenters. The number of hydrogen-bond donors (Lipinski definition) is 1. The minimum atomic E-state index is -0.228. The number of rotatable bonds is 4. The summed E-state index contributed by atoms with van der Waals surface area (Å²) in [5.41, 5.74) is 1.79. The molecule has 17 heavy (non-hydrogen) atoms. The minimum Gasteiger partial charge on any atom is -0.308 e. The molecule has 0 spiro atoms. The van der Waals surface area contributed by atoms with Gasteiger partial charge in [-0.15, -0.1) is 0 Å². The third-order valence-electron chi connectivity index (χ3n) is 2.89. The first-order chi connectivity index (χ1) is 8.31. The van der Waals surface area contributed by atoms with Crippen molar-refractivity contribution >= 4 is 0 Å². The van der Waals surface area contributed by atoms with E-state index in [1.807, 2.05) is 16.8 Å². The fourth-order valence-electron chi connectivity index (χ4n) is 1.77. The van der Waals surface area contributed by atoms with Crippen molar-refractivity contribution < 1.29 is 4.39 Å². The molecule has 1 aliphatic carbocycles. The van der Waals surface area contributed by atoms with Crippen molar-refractivity contribution in [3.63, 3.8) is 0 Å². The van der Waals surface area contributed by atoms with Gasteiger partial charge in [0.05, 0.1) is 12.0 Å². The Bertz CT molecular complexity index is 517. The summed E-state index contributed by atoms with van der Waals surface area (Å²) in [6, 6.07) is 7.18. The van der Waals surface area contributed by atoms with Crippen molar-refractivity contribution in [2.24, 2.45) is 0 Å². The van der Waals surface area contributed by atoms with E-state index in [9.17, 15) is 4.39 Å². The molecule has 1 saturated carbocycles. The van der Waals surface area contributed by atoms with Crippen molar-refractivity contribution in [2.45, 2.75) is 25.4 Å². The molecule has 4 heteroatoms. The Kier molecular flexibility index (Phi) is 2.65. The van der Waals surface area contributed by atoms with Crippen LogP contribution < -0.4 is 5.32 Å². The van der Waals surface area contributed by atoms with Crippen molar-refractivity contribution in [1.82, 2.24) is 14.9 Å². The number of aromatic nitrogens is 2. The maximum absolute atomic E-state index is 13.1. The first kappa shape index (κ1) is 10.5. The lowest BCUT2D eigenvalue weighted by Gasteiger charge is -2.01.